The van der Waals surface area contributed by atoms with Gasteiger partial charge in [0.1, 0.15) is 28.7 Å². The summed E-state index contributed by atoms with van der Waals surface area (Å²) in [7, 11) is 0. The number of hydrogen-bond donors (Lipinski definition) is 1. The fourth-order valence-corrected chi connectivity index (χ4v) is 3.59. The smallest absolute Gasteiger partial charge is 0.204 e. The van der Waals surface area contributed by atoms with Crippen molar-refractivity contribution < 1.29 is 14.3 Å². The Morgan fingerprint density at radius 3 is 2.67 bits per heavy atom. The number of phenols is 1. The molecule has 0 amide bonds. The second kappa shape index (κ2) is 7.84. The molecule has 5 heteroatoms. The summed E-state index contributed by atoms with van der Waals surface area (Å²) >= 11 is 0. The zero-order chi connectivity index (χ0) is 18.6. The molecule has 0 bridgehead atoms. The molecule has 0 unspecified atom stereocenters. The van der Waals surface area contributed by atoms with E-state index in [0.717, 1.165) is 18.5 Å². The number of hydrogen-bond acceptors (Lipinski definition) is 5. The van der Waals surface area contributed by atoms with Crippen molar-refractivity contribution in [3.8, 4) is 22.6 Å². The van der Waals surface area contributed by atoms with Crippen LogP contribution in [0.4, 0.5) is 0 Å². The predicted molar refractivity (Wildman–Crippen MR) is 105 cm³/mol. The topological polar surface area (TPSA) is 62.9 Å². The molecule has 1 saturated heterocycles. The maximum atomic E-state index is 12.8. The molecule has 0 radical (unpaired) electrons. The second-order valence-corrected chi connectivity index (χ2v) is 6.91. The lowest BCUT2D eigenvalue weighted by molar-refractivity contribution is 0.262. The summed E-state index contributed by atoms with van der Waals surface area (Å²) in [5.74, 6) is 0.394. The molecule has 1 N–H and O–H groups in total. The molecular formula is C22H23NO4. The van der Waals surface area contributed by atoms with E-state index in [-0.39, 0.29) is 16.6 Å². The number of benzene rings is 2. The minimum atomic E-state index is -0.250. The first kappa shape index (κ1) is 17.6. The molecule has 2 aromatic carbocycles. The zero-order valence-corrected chi connectivity index (χ0v) is 15.2. The predicted octanol–water partition coefficient (Wildman–Crippen LogP) is 4.03. The van der Waals surface area contributed by atoms with Gasteiger partial charge in [-0.3, -0.25) is 4.79 Å². The minimum absolute atomic E-state index is 0.117. The Morgan fingerprint density at radius 1 is 1.11 bits per heavy atom. The molecule has 27 heavy (non-hydrogen) atoms. The Bertz CT molecular complexity index is 975. The molecule has 1 aromatic heterocycles. The molecule has 2 heterocycles. The van der Waals surface area contributed by atoms with E-state index in [1.54, 1.807) is 6.07 Å². The van der Waals surface area contributed by atoms with E-state index < -0.39 is 0 Å². The maximum absolute atomic E-state index is 12.8. The molecule has 4 rings (SSSR count). The molecule has 0 aliphatic carbocycles. The summed E-state index contributed by atoms with van der Waals surface area (Å²) in [4.78, 5) is 15.2. The van der Waals surface area contributed by atoms with Crippen molar-refractivity contribution in [2.75, 3.05) is 26.2 Å². The third-order valence-electron chi connectivity index (χ3n) is 5.00. The third kappa shape index (κ3) is 3.83. The standard InChI is InChI=1S/C22H23NO4/c24-19-13-17(26-12-6-11-23-9-4-5-10-23)14-20-21(19)22(25)18(15-27-20)16-7-2-1-3-8-16/h1-3,7-8,13-15,24H,4-6,9-12H2. The first-order valence-electron chi connectivity index (χ1n) is 9.41. The van der Waals surface area contributed by atoms with Crippen LogP contribution in [0.15, 0.2) is 57.9 Å². The highest BCUT2D eigenvalue weighted by atomic mass is 16.5. The van der Waals surface area contributed by atoms with Gasteiger partial charge in [0.05, 0.1) is 12.2 Å². The Kier molecular flexibility index (Phi) is 5.12. The first-order chi connectivity index (χ1) is 13.2. The third-order valence-corrected chi connectivity index (χ3v) is 5.00. The van der Waals surface area contributed by atoms with Crippen molar-refractivity contribution in [3.05, 3.63) is 59.0 Å². The number of likely N-dealkylation sites (tertiary alicyclic amines) is 1. The lowest BCUT2D eigenvalue weighted by atomic mass is 10.1. The van der Waals surface area contributed by atoms with Gasteiger partial charge in [0.25, 0.3) is 0 Å². The van der Waals surface area contributed by atoms with Gasteiger partial charge in [0.2, 0.25) is 5.43 Å². The van der Waals surface area contributed by atoms with Crippen LogP contribution in [0.2, 0.25) is 0 Å². The molecule has 1 fully saturated rings. The van der Waals surface area contributed by atoms with Gasteiger partial charge in [-0.05, 0) is 37.9 Å². The van der Waals surface area contributed by atoms with Crippen LogP contribution < -0.4 is 10.2 Å². The Hall–Kier alpha value is -2.79. The normalized spacial score (nSPS) is 14.7. The molecule has 1 aliphatic heterocycles. The molecule has 140 valence electrons. The van der Waals surface area contributed by atoms with Gasteiger partial charge in [0, 0.05) is 18.7 Å². The van der Waals surface area contributed by atoms with Crippen LogP contribution in [0.5, 0.6) is 11.5 Å². The molecule has 5 nitrogen and oxygen atoms in total. The number of aromatic hydroxyl groups is 1. The van der Waals surface area contributed by atoms with Crippen LogP contribution in [-0.2, 0) is 0 Å². The van der Waals surface area contributed by atoms with Crippen molar-refractivity contribution in [2.45, 2.75) is 19.3 Å². The average Bonchev–Trinajstić information content (AvgIpc) is 3.19. The number of fused-ring (bicyclic) bond motifs is 1. The number of rotatable bonds is 6. The number of ether oxygens (including phenoxy) is 1. The molecule has 0 spiro atoms. The van der Waals surface area contributed by atoms with Crippen molar-refractivity contribution in [1.29, 1.82) is 0 Å². The van der Waals surface area contributed by atoms with Gasteiger partial charge in [-0.1, -0.05) is 30.3 Å². The van der Waals surface area contributed by atoms with E-state index in [2.05, 4.69) is 4.90 Å². The highest BCUT2D eigenvalue weighted by Crippen LogP contribution is 2.30. The van der Waals surface area contributed by atoms with E-state index in [0.29, 0.717) is 23.5 Å². The number of phenolic OH excluding ortho intramolecular Hbond substituents is 1. The van der Waals surface area contributed by atoms with Gasteiger partial charge < -0.3 is 19.2 Å². The molecule has 0 saturated carbocycles. The van der Waals surface area contributed by atoms with Crippen LogP contribution in [0.3, 0.4) is 0 Å². The van der Waals surface area contributed by atoms with Crippen LogP contribution in [0.25, 0.3) is 22.1 Å². The summed E-state index contributed by atoms with van der Waals surface area (Å²) in [6, 6.07) is 12.4. The first-order valence-corrected chi connectivity index (χ1v) is 9.41. The highest BCUT2D eigenvalue weighted by molar-refractivity contribution is 5.88. The zero-order valence-electron chi connectivity index (χ0n) is 15.2. The van der Waals surface area contributed by atoms with Gasteiger partial charge in [-0.2, -0.15) is 0 Å². The molecular weight excluding hydrogens is 342 g/mol. The summed E-state index contributed by atoms with van der Waals surface area (Å²) < 4.78 is 11.4. The lowest BCUT2D eigenvalue weighted by Gasteiger charge is -2.14. The summed E-state index contributed by atoms with van der Waals surface area (Å²) in [6.45, 7) is 3.93. The maximum Gasteiger partial charge on any atom is 0.204 e. The molecule has 1 aliphatic rings. The minimum Gasteiger partial charge on any atom is -0.507 e. The van der Waals surface area contributed by atoms with Gasteiger partial charge in [-0.25, -0.2) is 0 Å². The quantitative estimate of drug-likeness (QED) is 0.668. The van der Waals surface area contributed by atoms with E-state index in [4.69, 9.17) is 9.15 Å². The van der Waals surface area contributed by atoms with Crippen LogP contribution in [-0.4, -0.2) is 36.2 Å². The second-order valence-electron chi connectivity index (χ2n) is 6.91. The fourth-order valence-electron chi connectivity index (χ4n) is 3.59. The van der Waals surface area contributed by atoms with Crippen LogP contribution in [0.1, 0.15) is 19.3 Å². The Labute approximate surface area is 157 Å². The molecule has 3 aromatic rings. The number of nitrogens with zero attached hydrogens (tertiary/aromatic N) is 1. The fraction of sp³-hybridized carbons (Fsp3) is 0.318. The monoisotopic (exact) mass is 365 g/mol. The van der Waals surface area contributed by atoms with Gasteiger partial charge in [-0.15, -0.1) is 0 Å². The van der Waals surface area contributed by atoms with E-state index in [1.165, 1.54) is 38.3 Å². The molecule has 0 atom stereocenters. The van der Waals surface area contributed by atoms with Gasteiger partial charge in [0.15, 0.2) is 0 Å². The van der Waals surface area contributed by atoms with Crippen LogP contribution >= 0.6 is 0 Å². The van der Waals surface area contributed by atoms with E-state index in [1.807, 2.05) is 30.3 Å². The Morgan fingerprint density at radius 2 is 1.89 bits per heavy atom. The van der Waals surface area contributed by atoms with Crippen molar-refractivity contribution in [1.82, 2.24) is 4.90 Å². The van der Waals surface area contributed by atoms with E-state index >= 15 is 0 Å². The SMILES string of the molecule is O=c1c(-c2ccccc2)coc2cc(OCCCN3CCCC3)cc(O)c12. The summed E-state index contributed by atoms with van der Waals surface area (Å²) in [5, 5.41) is 10.6. The van der Waals surface area contributed by atoms with Crippen LogP contribution in [0, 0.1) is 0 Å². The lowest BCUT2D eigenvalue weighted by Crippen LogP contribution is -2.21. The van der Waals surface area contributed by atoms with E-state index in [9.17, 15) is 9.90 Å². The average molecular weight is 365 g/mol. The Balaban J connectivity index is 1.52. The summed E-state index contributed by atoms with van der Waals surface area (Å²) in [6.07, 6.45) is 4.93. The highest BCUT2D eigenvalue weighted by Gasteiger charge is 2.15. The van der Waals surface area contributed by atoms with Crippen molar-refractivity contribution in [3.63, 3.8) is 0 Å². The summed E-state index contributed by atoms with van der Waals surface area (Å²) in [5.41, 5.74) is 1.27. The van der Waals surface area contributed by atoms with Crippen molar-refractivity contribution >= 4 is 11.0 Å². The van der Waals surface area contributed by atoms with Gasteiger partial charge >= 0.3 is 0 Å². The van der Waals surface area contributed by atoms with Crippen molar-refractivity contribution in [2.24, 2.45) is 0 Å². The largest absolute Gasteiger partial charge is 0.507 e.